The summed E-state index contributed by atoms with van der Waals surface area (Å²) < 4.78 is 16.5. The number of likely N-dealkylation sites (tertiary alicyclic amines) is 1. The number of morpholine rings is 1. The minimum atomic E-state index is -0.833. The van der Waals surface area contributed by atoms with E-state index in [1.165, 1.54) is 19.1 Å². The molecule has 35 heavy (non-hydrogen) atoms. The molecule has 0 saturated carbocycles. The Labute approximate surface area is 209 Å². The monoisotopic (exact) mass is 500 g/mol. The average Bonchev–Trinajstić information content (AvgIpc) is 3.13. The number of aliphatic hydroxyl groups is 1. The van der Waals surface area contributed by atoms with Gasteiger partial charge in [-0.3, -0.25) is 14.5 Å². The van der Waals surface area contributed by atoms with Crippen molar-refractivity contribution in [3.05, 3.63) is 64.2 Å². The first-order chi connectivity index (χ1) is 17.0. The Morgan fingerprint density at radius 3 is 2.43 bits per heavy atom. The van der Waals surface area contributed by atoms with E-state index in [-0.39, 0.29) is 11.3 Å². The summed E-state index contributed by atoms with van der Waals surface area (Å²) in [5, 5.41) is 11.7. The van der Waals surface area contributed by atoms with E-state index in [1.807, 2.05) is 0 Å². The van der Waals surface area contributed by atoms with Crippen molar-refractivity contribution in [2.75, 3.05) is 53.6 Å². The normalized spacial score (nSPS) is 20.3. The zero-order valence-corrected chi connectivity index (χ0v) is 20.6. The number of hydrogen-bond acceptors (Lipinski definition) is 7. The van der Waals surface area contributed by atoms with Crippen LogP contribution in [-0.2, 0) is 14.3 Å². The molecular weight excluding hydrogens is 472 g/mol. The third kappa shape index (κ3) is 5.15. The van der Waals surface area contributed by atoms with Gasteiger partial charge in [0, 0.05) is 42.3 Å². The molecule has 1 amide bonds. The van der Waals surface area contributed by atoms with Gasteiger partial charge < -0.3 is 24.2 Å². The van der Waals surface area contributed by atoms with Crippen molar-refractivity contribution in [1.29, 1.82) is 0 Å². The fourth-order valence-electron chi connectivity index (χ4n) is 4.61. The fourth-order valence-corrected chi connectivity index (χ4v) is 4.74. The molecule has 4 rings (SSSR count). The highest BCUT2D eigenvalue weighted by Crippen LogP contribution is 2.45. The minimum absolute atomic E-state index is 0.00949. The number of para-hydroxylation sites is 1. The maximum absolute atomic E-state index is 13.3. The summed E-state index contributed by atoms with van der Waals surface area (Å²) in [4.78, 5) is 30.3. The molecule has 0 unspecified atom stereocenters. The number of carbonyl (C=O) groups excluding carboxylic acids is 2. The number of rotatable bonds is 8. The Morgan fingerprint density at radius 1 is 1.06 bits per heavy atom. The number of ketones is 1. The van der Waals surface area contributed by atoms with E-state index in [0.717, 1.165) is 19.6 Å². The Kier molecular flexibility index (Phi) is 7.95. The van der Waals surface area contributed by atoms with Crippen molar-refractivity contribution >= 4 is 29.1 Å². The Morgan fingerprint density at radius 2 is 1.77 bits per heavy atom. The lowest BCUT2D eigenvalue weighted by molar-refractivity contribution is -0.140. The van der Waals surface area contributed by atoms with Gasteiger partial charge in [-0.05, 0) is 36.8 Å². The number of aliphatic hydroxyl groups excluding tert-OH is 1. The van der Waals surface area contributed by atoms with Crippen LogP contribution in [0.2, 0.25) is 5.02 Å². The van der Waals surface area contributed by atoms with Crippen molar-refractivity contribution < 1.29 is 28.9 Å². The van der Waals surface area contributed by atoms with Crippen LogP contribution in [0.15, 0.2) is 48.0 Å². The number of hydrogen-bond donors (Lipinski definition) is 1. The average molecular weight is 501 g/mol. The van der Waals surface area contributed by atoms with Gasteiger partial charge in [0.1, 0.15) is 5.76 Å². The summed E-state index contributed by atoms with van der Waals surface area (Å²) in [7, 11) is 3.03. The summed E-state index contributed by atoms with van der Waals surface area (Å²) in [6.45, 7) is 4.15. The second kappa shape index (κ2) is 11.1. The standard InChI is InChI=1S/C26H29ClN2O6/c1-33-20-6-3-5-19(25(20)34-2)22-21(23(30)17-7-9-18(27)10-8-17)24(31)26(32)29(22)12-4-11-28-13-15-35-16-14-28/h3,5-10,22,30H,4,11-16H2,1-2H3/t22-/m1/s1. The summed E-state index contributed by atoms with van der Waals surface area (Å²) in [5.74, 6) is -0.779. The lowest BCUT2D eigenvalue weighted by atomic mass is 9.94. The highest BCUT2D eigenvalue weighted by Gasteiger charge is 2.47. The quantitative estimate of drug-likeness (QED) is 0.337. The van der Waals surface area contributed by atoms with Gasteiger partial charge >= 0.3 is 0 Å². The summed E-state index contributed by atoms with van der Waals surface area (Å²) in [5.41, 5.74) is 0.968. The molecule has 2 saturated heterocycles. The number of carbonyl (C=O) groups is 2. The Hall–Kier alpha value is -3.07. The molecule has 0 bridgehead atoms. The molecular formula is C26H29ClN2O6. The maximum atomic E-state index is 13.3. The fraction of sp³-hybridized carbons (Fsp3) is 0.385. The van der Waals surface area contributed by atoms with Crippen LogP contribution in [-0.4, -0.2) is 80.2 Å². The van der Waals surface area contributed by atoms with Crippen molar-refractivity contribution in [1.82, 2.24) is 9.80 Å². The predicted molar refractivity (Wildman–Crippen MR) is 132 cm³/mol. The minimum Gasteiger partial charge on any atom is -0.507 e. The molecule has 2 aromatic rings. The van der Waals surface area contributed by atoms with E-state index in [0.29, 0.717) is 53.8 Å². The molecule has 0 aliphatic carbocycles. The molecule has 0 radical (unpaired) electrons. The molecule has 9 heteroatoms. The maximum Gasteiger partial charge on any atom is 0.295 e. The summed E-state index contributed by atoms with van der Waals surface area (Å²) in [6, 6.07) is 10.9. The summed E-state index contributed by atoms with van der Waals surface area (Å²) in [6.07, 6.45) is 0.663. The van der Waals surface area contributed by atoms with Crippen molar-refractivity contribution in [2.45, 2.75) is 12.5 Å². The first-order valence-electron chi connectivity index (χ1n) is 11.5. The lowest BCUT2D eigenvalue weighted by Gasteiger charge is -2.29. The molecule has 2 aromatic carbocycles. The van der Waals surface area contributed by atoms with Gasteiger partial charge in [-0.1, -0.05) is 23.7 Å². The molecule has 2 heterocycles. The number of halogens is 1. The van der Waals surface area contributed by atoms with Crippen molar-refractivity contribution in [2.24, 2.45) is 0 Å². The first kappa shape index (κ1) is 25.0. The number of benzene rings is 2. The molecule has 2 fully saturated rings. The molecule has 0 spiro atoms. The van der Waals surface area contributed by atoms with Crippen LogP contribution in [0, 0.1) is 0 Å². The lowest BCUT2D eigenvalue weighted by Crippen LogP contribution is -2.39. The van der Waals surface area contributed by atoms with Gasteiger partial charge in [0.05, 0.1) is 39.0 Å². The van der Waals surface area contributed by atoms with Gasteiger partial charge in [0.2, 0.25) is 0 Å². The van der Waals surface area contributed by atoms with E-state index in [4.69, 9.17) is 25.8 Å². The zero-order valence-electron chi connectivity index (χ0n) is 19.8. The highest BCUT2D eigenvalue weighted by molar-refractivity contribution is 6.46. The Bertz CT molecular complexity index is 1110. The second-order valence-corrected chi connectivity index (χ2v) is 8.83. The van der Waals surface area contributed by atoms with Gasteiger partial charge in [-0.15, -0.1) is 0 Å². The van der Waals surface area contributed by atoms with Gasteiger partial charge in [0.15, 0.2) is 11.5 Å². The molecule has 0 aromatic heterocycles. The number of nitrogens with zero attached hydrogens (tertiary/aromatic N) is 2. The van der Waals surface area contributed by atoms with E-state index in [2.05, 4.69) is 4.90 Å². The number of amides is 1. The van der Waals surface area contributed by atoms with E-state index >= 15 is 0 Å². The number of Topliss-reactive ketones (excluding diaryl/α,β-unsaturated/α-hetero) is 1. The zero-order chi connectivity index (χ0) is 24.9. The highest BCUT2D eigenvalue weighted by atomic mass is 35.5. The van der Waals surface area contributed by atoms with Crippen LogP contribution in [0.25, 0.3) is 5.76 Å². The largest absolute Gasteiger partial charge is 0.507 e. The predicted octanol–water partition coefficient (Wildman–Crippen LogP) is 3.50. The van der Waals surface area contributed by atoms with Gasteiger partial charge in [-0.2, -0.15) is 0 Å². The Balaban J connectivity index is 1.75. The topological polar surface area (TPSA) is 88.5 Å². The molecule has 1 N–H and O–H groups in total. The van der Waals surface area contributed by atoms with Crippen LogP contribution < -0.4 is 9.47 Å². The molecule has 1 atom stereocenters. The molecule has 2 aliphatic heterocycles. The number of methoxy groups -OCH3 is 2. The van der Waals surface area contributed by atoms with Gasteiger partial charge in [0.25, 0.3) is 11.7 Å². The van der Waals surface area contributed by atoms with Gasteiger partial charge in [-0.25, -0.2) is 0 Å². The molecule has 186 valence electrons. The van der Waals surface area contributed by atoms with Crippen molar-refractivity contribution in [3.63, 3.8) is 0 Å². The SMILES string of the molecule is COc1cccc([C@@H]2C(=C(O)c3ccc(Cl)cc3)C(=O)C(=O)N2CCCN2CCOCC2)c1OC. The van der Waals surface area contributed by atoms with E-state index in [1.54, 1.807) is 42.5 Å². The third-order valence-electron chi connectivity index (χ3n) is 6.36. The van der Waals surface area contributed by atoms with Crippen LogP contribution in [0.4, 0.5) is 0 Å². The number of ether oxygens (including phenoxy) is 3. The van der Waals surface area contributed by atoms with Crippen molar-refractivity contribution in [3.8, 4) is 11.5 Å². The van der Waals surface area contributed by atoms with Crippen LogP contribution in [0.3, 0.4) is 0 Å². The van der Waals surface area contributed by atoms with E-state index in [9.17, 15) is 14.7 Å². The second-order valence-electron chi connectivity index (χ2n) is 8.39. The van der Waals surface area contributed by atoms with Crippen LogP contribution >= 0.6 is 11.6 Å². The van der Waals surface area contributed by atoms with E-state index < -0.39 is 17.7 Å². The van der Waals surface area contributed by atoms with Crippen LogP contribution in [0.1, 0.15) is 23.6 Å². The van der Waals surface area contributed by atoms with Crippen LogP contribution in [0.5, 0.6) is 11.5 Å². The molecule has 2 aliphatic rings. The smallest absolute Gasteiger partial charge is 0.295 e. The molecule has 8 nitrogen and oxygen atoms in total. The first-order valence-corrected chi connectivity index (χ1v) is 11.9. The third-order valence-corrected chi connectivity index (χ3v) is 6.61. The summed E-state index contributed by atoms with van der Waals surface area (Å²) >= 11 is 6.00.